The molecule has 0 N–H and O–H groups in total. The Kier molecular flexibility index (Phi) is 4.82. The largest absolute Gasteiger partial charge is 0.371 e. The van der Waals surface area contributed by atoms with Crippen LogP contribution in [-0.2, 0) is 9.47 Å². The number of likely N-dealkylation sites (tertiary alicyclic amines) is 1. The summed E-state index contributed by atoms with van der Waals surface area (Å²) in [5.41, 5.74) is 1.56. The number of amides is 1. The van der Waals surface area contributed by atoms with Gasteiger partial charge in [0.2, 0.25) is 0 Å². The Hall–Kier alpha value is -1.66. The van der Waals surface area contributed by atoms with Crippen LogP contribution in [0.2, 0.25) is 0 Å². The molecule has 126 valence electrons. The number of anilines is 1. The molecule has 1 aromatic rings. The quantitative estimate of drug-likeness (QED) is 0.848. The summed E-state index contributed by atoms with van der Waals surface area (Å²) in [4.78, 5) is 21.0. The van der Waals surface area contributed by atoms with Gasteiger partial charge in [0, 0.05) is 39.0 Å². The van der Waals surface area contributed by atoms with E-state index < -0.39 is 5.79 Å². The number of hydrogen-bond acceptors (Lipinski definition) is 5. The fourth-order valence-electron chi connectivity index (χ4n) is 3.29. The van der Waals surface area contributed by atoms with E-state index in [-0.39, 0.29) is 5.91 Å². The SMILES string of the molecule is CCN(CC)c1ccc(C(=O)N2CCC3(CC2)OCCO3)nc1. The van der Waals surface area contributed by atoms with Crippen LogP contribution in [0.15, 0.2) is 18.3 Å². The van der Waals surface area contributed by atoms with Crippen LogP contribution in [0, 0.1) is 0 Å². The maximum atomic E-state index is 12.6. The Morgan fingerprint density at radius 2 is 1.87 bits per heavy atom. The molecular weight excluding hydrogens is 294 g/mol. The molecule has 0 saturated carbocycles. The molecule has 0 aliphatic carbocycles. The molecule has 6 heteroatoms. The zero-order valence-electron chi connectivity index (χ0n) is 14.0. The number of hydrogen-bond donors (Lipinski definition) is 0. The van der Waals surface area contributed by atoms with Crippen molar-refractivity contribution in [1.29, 1.82) is 0 Å². The lowest BCUT2D eigenvalue weighted by Crippen LogP contribution is -2.47. The first-order valence-corrected chi connectivity index (χ1v) is 8.45. The average Bonchev–Trinajstić information content (AvgIpc) is 3.05. The van der Waals surface area contributed by atoms with Crippen LogP contribution in [0.3, 0.4) is 0 Å². The van der Waals surface area contributed by atoms with Crippen LogP contribution in [0.1, 0.15) is 37.2 Å². The number of carbonyl (C=O) groups excluding carboxylic acids is 1. The second kappa shape index (κ2) is 6.84. The van der Waals surface area contributed by atoms with Crippen LogP contribution in [0.5, 0.6) is 0 Å². The summed E-state index contributed by atoms with van der Waals surface area (Å²) in [6, 6.07) is 3.80. The molecule has 1 amide bonds. The van der Waals surface area contributed by atoms with Crippen molar-refractivity contribution in [1.82, 2.24) is 9.88 Å². The van der Waals surface area contributed by atoms with E-state index in [9.17, 15) is 4.79 Å². The van der Waals surface area contributed by atoms with Crippen molar-refractivity contribution in [3.63, 3.8) is 0 Å². The molecule has 0 bridgehead atoms. The third-order valence-corrected chi connectivity index (χ3v) is 4.72. The predicted octanol–water partition coefficient (Wildman–Crippen LogP) is 1.91. The minimum Gasteiger partial charge on any atom is -0.371 e. The van der Waals surface area contributed by atoms with Gasteiger partial charge in [-0.15, -0.1) is 0 Å². The highest BCUT2D eigenvalue weighted by Crippen LogP contribution is 2.31. The maximum absolute atomic E-state index is 12.6. The van der Waals surface area contributed by atoms with Gasteiger partial charge in [0.25, 0.3) is 5.91 Å². The van der Waals surface area contributed by atoms with Gasteiger partial charge in [0.1, 0.15) is 5.69 Å². The van der Waals surface area contributed by atoms with Crippen molar-refractivity contribution in [2.45, 2.75) is 32.5 Å². The fourth-order valence-corrected chi connectivity index (χ4v) is 3.29. The first kappa shape index (κ1) is 16.2. The molecule has 3 heterocycles. The van der Waals surface area contributed by atoms with E-state index in [0.717, 1.165) is 31.6 Å². The Bertz CT molecular complexity index is 527. The van der Waals surface area contributed by atoms with Gasteiger partial charge < -0.3 is 19.3 Å². The summed E-state index contributed by atoms with van der Waals surface area (Å²) in [6.07, 6.45) is 3.25. The van der Waals surface area contributed by atoms with Crippen molar-refractivity contribution in [2.24, 2.45) is 0 Å². The molecule has 2 aliphatic heterocycles. The van der Waals surface area contributed by atoms with Crippen molar-refractivity contribution in [3.8, 4) is 0 Å². The first-order chi connectivity index (χ1) is 11.2. The molecule has 23 heavy (non-hydrogen) atoms. The minimum atomic E-state index is -0.448. The van der Waals surface area contributed by atoms with E-state index in [1.54, 1.807) is 6.20 Å². The summed E-state index contributed by atoms with van der Waals surface area (Å²) < 4.78 is 11.4. The van der Waals surface area contributed by atoms with Crippen molar-refractivity contribution in [3.05, 3.63) is 24.0 Å². The fraction of sp³-hybridized carbons (Fsp3) is 0.647. The van der Waals surface area contributed by atoms with Gasteiger partial charge in [0.15, 0.2) is 5.79 Å². The molecule has 0 atom stereocenters. The summed E-state index contributed by atoms with van der Waals surface area (Å²) >= 11 is 0. The van der Waals surface area contributed by atoms with Crippen LogP contribution in [0.25, 0.3) is 0 Å². The summed E-state index contributed by atoms with van der Waals surface area (Å²) in [7, 11) is 0. The molecule has 0 aromatic carbocycles. The second-order valence-corrected chi connectivity index (χ2v) is 5.97. The van der Waals surface area contributed by atoms with Crippen LogP contribution >= 0.6 is 0 Å². The maximum Gasteiger partial charge on any atom is 0.272 e. The van der Waals surface area contributed by atoms with Gasteiger partial charge in [-0.2, -0.15) is 0 Å². The van der Waals surface area contributed by atoms with E-state index in [0.29, 0.717) is 32.0 Å². The van der Waals surface area contributed by atoms with Crippen molar-refractivity contribution >= 4 is 11.6 Å². The highest BCUT2D eigenvalue weighted by molar-refractivity contribution is 5.92. The van der Waals surface area contributed by atoms with Crippen LogP contribution in [0.4, 0.5) is 5.69 Å². The number of rotatable bonds is 4. The van der Waals surface area contributed by atoms with Gasteiger partial charge in [-0.3, -0.25) is 4.79 Å². The summed E-state index contributed by atoms with van der Waals surface area (Å²) in [6.45, 7) is 8.69. The van der Waals surface area contributed by atoms with E-state index in [1.165, 1.54) is 0 Å². The Morgan fingerprint density at radius 3 is 2.39 bits per heavy atom. The van der Waals surface area contributed by atoms with Crippen LogP contribution in [-0.4, -0.2) is 61.0 Å². The molecule has 2 fully saturated rings. The van der Waals surface area contributed by atoms with Crippen molar-refractivity contribution in [2.75, 3.05) is 44.3 Å². The normalized spacial score (nSPS) is 20.0. The van der Waals surface area contributed by atoms with Gasteiger partial charge >= 0.3 is 0 Å². The standard InChI is InChI=1S/C17H25N3O3/c1-3-19(4-2)14-5-6-15(18-13-14)16(21)20-9-7-17(8-10-20)22-11-12-23-17/h5-6,13H,3-4,7-12H2,1-2H3. The lowest BCUT2D eigenvalue weighted by molar-refractivity contribution is -0.181. The van der Waals surface area contributed by atoms with E-state index in [1.807, 2.05) is 17.0 Å². The molecule has 1 spiro atoms. The van der Waals surface area contributed by atoms with Gasteiger partial charge in [-0.05, 0) is 26.0 Å². The Morgan fingerprint density at radius 1 is 1.22 bits per heavy atom. The topological polar surface area (TPSA) is 54.9 Å². The molecule has 2 saturated heterocycles. The number of pyridine rings is 1. The number of ether oxygens (including phenoxy) is 2. The molecule has 3 rings (SSSR count). The average molecular weight is 319 g/mol. The van der Waals surface area contributed by atoms with E-state index in [4.69, 9.17) is 9.47 Å². The third kappa shape index (κ3) is 3.33. The highest BCUT2D eigenvalue weighted by atomic mass is 16.7. The highest BCUT2D eigenvalue weighted by Gasteiger charge is 2.40. The molecule has 2 aliphatic rings. The predicted molar refractivity (Wildman–Crippen MR) is 87.6 cm³/mol. The molecule has 6 nitrogen and oxygen atoms in total. The number of carbonyl (C=O) groups is 1. The van der Waals surface area contributed by atoms with E-state index in [2.05, 4.69) is 23.7 Å². The number of aromatic nitrogens is 1. The molecule has 0 radical (unpaired) electrons. The molecule has 1 aromatic heterocycles. The summed E-state index contributed by atoms with van der Waals surface area (Å²) in [5.74, 6) is -0.458. The second-order valence-electron chi connectivity index (χ2n) is 5.97. The lowest BCUT2D eigenvalue weighted by atomic mass is 10.0. The smallest absolute Gasteiger partial charge is 0.272 e. The van der Waals surface area contributed by atoms with Crippen molar-refractivity contribution < 1.29 is 14.3 Å². The zero-order valence-corrected chi connectivity index (χ0v) is 14.0. The van der Waals surface area contributed by atoms with E-state index >= 15 is 0 Å². The Balaban J connectivity index is 1.62. The third-order valence-electron chi connectivity index (χ3n) is 4.72. The Labute approximate surface area is 137 Å². The van der Waals surface area contributed by atoms with Gasteiger partial charge in [-0.25, -0.2) is 4.98 Å². The number of piperidine rings is 1. The van der Waals surface area contributed by atoms with Gasteiger partial charge in [-0.1, -0.05) is 0 Å². The monoisotopic (exact) mass is 319 g/mol. The minimum absolute atomic E-state index is 0.0102. The number of nitrogens with zero attached hydrogens (tertiary/aromatic N) is 3. The molecular formula is C17H25N3O3. The first-order valence-electron chi connectivity index (χ1n) is 8.45. The molecule has 0 unspecified atom stereocenters. The zero-order chi connectivity index (χ0) is 16.3. The summed E-state index contributed by atoms with van der Waals surface area (Å²) in [5, 5.41) is 0. The lowest BCUT2D eigenvalue weighted by Gasteiger charge is -2.37. The van der Waals surface area contributed by atoms with Gasteiger partial charge in [0.05, 0.1) is 25.1 Å². The van der Waals surface area contributed by atoms with Crippen LogP contribution < -0.4 is 4.90 Å².